The van der Waals surface area contributed by atoms with E-state index in [0.717, 1.165) is 12.0 Å². The minimum Gasteiger partial charge on any atom is -0.307 e. The Morgan fingerprint density at radius 2 is 1.89 bits per heavy atom. The van der Waals surface area contributed by atoms with Gasteiger partial charge in [0.25, 0.3) is 0 Å². The molecule has 100 valence electrons. The number of benzene rings is 1. The van der Waals surface area contributed by atoms with Crippen molar-refractivity contribution >= 4 is 0 Å². The van der Waals surface area contributed by atoms with E-state index in [2.05, 4.69) is 49.5 Å². The molecular formula is C17H27N. The average molecular weight is 245 g/mol. The summed E-state index contributed by atoms with van der Waals surface area (Å²) in [5, 5.41) is 3.87. The third-order valence-electron chi connectivity index (χ3n) is 4.33. The first-order chi connectivity index (χ1) is 8.81. The van der Waals surface area contributed by atoms with Crippen molar-refractivity contribution in [3.8, 4) is 0 Å². The molecule has 1 nitrogen and oxygen atoms in total. The lowest BCUT2D eigenvalue weighted by Crippen LogP contribution is -2.39. The lowest BCUT2D eigenvalue weighted by Gasteiger charge is -2.34. The minimum absolute atomic E-state index is 0.480. The van der Waals surface area contributed by atoms with Crippen LogP contribution in [0.5, 0.6) is 0 Å². The summed E-state index contributed by atoms with van der Waals surface area (Å²) in [6.07, 6.45) is 8.33. The minimum atomic E-state index is 0.480. The smallest absolute Gasteiger partial charge is 0.0294 e. The second kappa shape index (κ2) is 6.94. The number of nitrogens with one attached hydrogen (secondary N) is 1. The van der Waals surface area contributed by atoms with Gasteiger partial charge in [-0.2, -0.15) is 0 Å². The summed E-state index contributed by atoms with van der Waals surface area (Å²) in [7, 11) is 0. The zero-order valence-electron chi connectivity index (χ0n) is 11.9. The number of rotatable bonds is 5. The Balaban J connectivity index is 1.94. The van der Waals surface area contributed by atoms with Crippen LogP contribution in [-0.2, 0) is 0 Å². The van der Waals surface area contributed by atoms with E-state index in [1.54, 1.807) is 0 Å². The SMILES string of the molecule is CCC[C@H]1CCCC[C@H]1N[C@@H](C)c1ccccc1. The second-order valence-electron chi connectivity index (χ2n) is 5.74. The van der Waals surface area contributed by atoms with E-state index in [9.17, 15) is 0 Å². The van der Waals surface area contributed by atoms with Gasteiger partial charge in [-0.25, -0.2) is 0 Å². The molecule has 1 heteroatoms. The van der Waals surface area contributed by atoms with Crippen molar-refractivity contribution in [3.63, 3.8) is 0 Å². The lowest BCUT2D eigenvalue weighted by molar-refractivity contribution is 0.233. The van der Waals surface area contributed by atoms with Crippen LogP contribution in [0.3, 0.4) is 0 Å². The van der Waals surface area contributed by atoms with Crippen molar-refractivity contribution in [1.82, 2.24) is 5.32 Å². The van der Waals surface area contributed by atoms with E-state index in [0.29, 0.717) is 6.04 Å². The van der Waals surface area contributed by atoms with Crippen molar-refractivity contribution < 1.29 is 0 Å². The van der Waals surface area contributed by atoms with Gasteiger partial charge in [-0.1, -0.05) is 56.5 Å². The molecule has 1 aliphatic rings. The standard InChI is InChI=1S/C17H27N/c1-3-9-16-12-7-8-13-17(16)18-14(2)15-10-5-4-6-11-15/h4-6,10-11,14,16-18H,3,7-9,12-13H2,1-2H3/t14-,16-,17+/m0/s1. The van der Waals surface area contributed by atoms with E-state index in [4.69, 9.17) is 0 Å². The van der Waals surface area contributed by atoms with Gasteiger partial charge in [0.05, 0.1) is 0 Å². The maximum Gasteiger partial charge on any atom is 0.0294 e. The Bertz CT molecular complexity index is 331. The van der Waals surface area contributed by atoms with Crippen LogP contribution in [0.2, 0.25) is 0 Å². The van der Waals surface area contributed by atoms with Crippen molar-refractivity contribution in [1.29, 1.82) is 0 Å². The Kier molecular flexibility index (Phi) is 5.25. The molecule has 1 aliphatic carbocycles. The van der Waals surface area contributed by atoms with Crippen LogP contribution in [0.4, 0.5) is 0 Å². The maximum absolute atomic E-state index is 3.87. The highest BCUT2D eigenvalue weighted by molar-refractivity contribution is 5.18. The molecule has 0 unspecified atom stereocenters. The van der Waals surface area contributed by atoms with Crippen LogP contribution >= 0.6 is 0 Å². The molecule has 0 amide bonds. The molecule has 1 fully saturated rings. The summed E-state index contributed by atoms with van der Waals surface area (Å²) in [5.41, 5.74) is 1.42. The molecule has 3 atom stereocenters. The Morgan fingerprint density at radius 3 is 2.61 bits per heavy atom. The maximum atomic E-state index is 3.87. The monoisotopic (exact) mass is 245 g/mol. The highest BCUT2D eigenvalue weighted by Gasteiger charge is 2.25. The van der Waals surface area contributed by atoms with Crippen LogP contribution in [0, 0.1) is 5.92 Å². The van der Waals surface area contributed by atoms with E-state index in [1.165, 1.54) is 44.1 Å². The van der Waals surface area contributed by atoms with Gasteiger partial charge in [-0.05, 0) is 37.7 Å². The third-order valence-corrected chi connectivity index (χ3v) is 4.33. The lowest BCUT2D eigenvalue weighted by atomic mass is 9.81. The second-order valence-corrected chi connectivity index (χ2v) is 5.74. The summed E-state index contributed by atoms with van der Waals surface area (Å²) in [6.45, 7) is 4.61. The first-order valence-corrected chi connectivity index (χ1v) is 7.62. The molecule has 0 radical (unpaired) electrons. The topological polar surface area (TPSA) is 12.0 Å². The summed E-state index contributed by atoms with van der Waals surface area (Å²) in [4.78, 5) is 0. The predicted molar refractivity (Wildman–Crippen MR) is 78.6 cm³/mol. The quantitative estimate of drug-likeness (QED) is 0.793. The van der Waals surface area contributed by atoms with Crippen molar-refractivity contribution in [2.45, 2.75) is 64.5 Å². The molecule has 18 heavy (non-hydrogen) atoms. The molecule has 0 spiro atoms. The highest BCUT2D eigenvalue weighted by atomic mass is 15.0. The molecule has 1 saturated carbocycles. The average Bonchev–Trinajstić information content (AvgIpc) is 2.42. The number of hydrogen-bond acceptors (Lipinski definition) is 1. The normalized spacial score (nSPS) is 25.9. The Hall–Kier alpha value is -0.820. The Labute approximate surface area is 112 Å². The molecule has 0 saturated heterocycles. The van der Waals surface area contributed by atoms with Gasteiger partial charge in [0.1, 0.15) is 0 Å². The van der Waals surface area contributed by atoms with Gasteiger partial charge >= 0.3 is 0 Å². The van der Waals surface area contributed by atoms with Gasteiger partial charge in [-0.15, -0.1) is 0 Å². The summed E-state index contributed by atoms with van der Waals surface area (Å²) in [5.74, 6) is 0.898. The number of hydrogen-bond donors (Lipinski definition) is 1. The van der Waals surface area contributed by atoms with Crippen molar-refractivity contribution in [2.75, 3.05) is 0 Å². The zero-order valence-corrected chi connectivity index (χ0v) is 11.9. The van der Waals surface area contributed by atoms with Gasteiger partial charge in [0, 0.05) is 12.1 Å². The van der Waals surface area contributed by atoms with E-state index >= 15 is 0 Å². The fourth-order valence-corrected chi connectivity index (χ4v) is 3.30. The van der Waals surface area contributed by atoms with E-state index in [1.807, 2.05) is 0 Å². The molecule has 2 rings (SSSR count). The zero-order chi connectivity index (χ0) is 12.8. The van der Waals surface area contributed by atoms with Gasteiger partial charge in [0.15, 0.2) is 0 Å². The largest absolute Gasteiger partial charge is 0.307 e. The summed E-state index contributed by atoms with van der Waals surface area (Å²) < 4.78 is 0. The molecule has 1 N–H and O–H groups in total. The fourth-order valence-electron chi connectivity index (χ4n) is 3.30. The van der Waals surface area contributed by atoms with Gasteiger partial charge in [-0.3, -0.25) is 0 Å². The summed E-state index contributed by atoms with van der Waals surface area (Å²) >= 11 is 0. The molecular weight excluding hydrogens is 218 g/mol. The fraction of sp³-hybridized carbons (Fsp3) is 0.647. The molecule has 1 aromatic rings. The van der Waals surface area contributed by atoms with E-state index < -0.39 is 0 Å². The van der Waals surface area contributed by atoms with Gasteiger partial charge < -0.3 is 5.32 Å². The molecule has 1 aromatic carbocycles. The van der Waals surface area contributed by atoms with Crippen molar-refractivity contribution in [2.24, 2.45) is 5.92 Å². The highest BCUT2D eigenvalue weighted by Crippen LogP contribution is 2.29. The molecule has 0 bridgehead atoms. The van der Waals surface area contributed by atoms with Crippen LogP contribution < -0.4 is 5.32 Å². The van der Waals surface area contributed by atoms with Gasteiger partial charge in [0.2, 0.25) is 0 Å². The molecule has 0 aromatic heterocycles. The third kappa shape index (κ3) is 3.58. The molecule has 0 heterocycles. The van der Waals surface area contributed by atoms with E-state index in [-0.39, 0.29) is 0 Å². The first-order valence-electron chi connectivity index (χ1n) is 7.62. The first kappa shape index (κ1) is 13.6. The Morgan fingerprint density at radius 1 is 1.17 bits per heavy atom. The van der Waals surface area contributed by atoms with Crippen LogP contribution in [-0.4, -0.2) is 6.04 Å². The predicted octanol–water partition coefficient (Wildman–Crippen LogP) is 4.70. The molecule has 0 aliphatic heterocycles. The van der Waals surface area contributed by atoms with Crippen LogP contribution in [0.15, 0.2) is 30.3 Å². The summed E-state index contributed by atoms with van der Waals surface area (Å²) in [6, 6.07) is 12.0. The van der Waals surface area contributed by atoms with Crippen LogP contribution in [0.25, 0.3) is 0 Å². The van der Waals surface area contributed by atoms with Crippen molar-refractivity contribution in [3.05, 3.63) is 35.9 Å². The van der Waals surface area contributed by atoms with Crippen LogP contribution in [0.1, 0.15) is 64.0 Å².